The molecule has 0 unspecified atom stereocenters. The second kappa shape index (κ2) is 7.07. The summed E-state index contributed by atoms with van der Waals surface area (Å²) in [6.45, 7) is 0.709. The Morgan fingerprint density at radius 1 is 1.08 bits per heavy atom. The van der Waals surface area contributed by atoms with Gasteiger partial charge in [-0.3, -0.25) is 0 Å². The van der Waals surface area contributed by atoms with Gasteiger partial charge < -0.3 is 14.0 Å². The Hall–Kier alpha value is -2.66. The highest BCUT2D eigenvalue weighted by molar-refractivity contribution is 5.29. The van der Waals surface area contributed by atoms with Crippen molar-refractivity contribution in [2.45, 2.75) is 24.9 Å². The van der Waals surface area contributed by atoms with Crippen molar-refractivity contribution >= 4 is 0 Å². The lowest BCUT2D eigenvalue weighted by molar-refractivity contribution is 0.0758. The summed E-state index contributed by atoms with van der Waals surface area (Å²) in [6.07, 6.45) is 1.42. The van der Waals surface area contributed by atoms with Crippen LogP contribution in [0.25, 0.3) is 0 Å². The molecule has 0 saturated carbocycles. The molecule has 5 heteroatoms. The molecule has 2 aromatic carbocycles. The second-order valence-corrected chi connectivity index (χ2v) is 6.17. The molecule has 1 aliphatic heterocycles. The Balaban J connectivity index is 1.50. The summed E-state index contributed by atoms with van der Waals surface area (Å²) in [6, 6.07) is 18.3. The minimum Gasteiger partial charge on any atom is -0.497 e. The number of rotatable bonds is 5. The first-order chi connectivity index (χ1) is 12.3. The van der Waals surface area contributed by atoms with Gasteiger partial charge in [0.2, 0.25) is 0 Å². The van der Waals surface area contributed by atoms with Gasteiger partial charge in [0, 0.05) is 18.9 Å². The highest BCUT2D eigenvalue weighted by Gasteiger charge is 2.35. The number of hydrogen-bond acceptors (Lipinski definition) is 5. The van der Waals surface area contributed by atoms with E-state index in [9.17, 15) is 0 Å². The van der Waals surface area contributed by atoms with E-state index in [0.29, 0.717) is 24.7 Å². The van der Waals surface area contributed by atoms with Gasteiger partial charge in [-0.25, -0.2) is 0 Å². The van der Waals surface area contributed by atoms with Gasteiger partial charge in [-0.2, -0.15) is 4.98 Å². The highest BCUT2D eigenvalue weighted by Crippen LogP contribution is 2.40. The first kappa shape index (κ1) is 15.8. The third-order valence-electron chi connectivity index (χ3n) is 4.57. The summed E-state index contributed by atoms with van der Waals surface area (Å²) < 4.78 is 16.6. The molecule has 25 heavy (non-hydrogen) atoms. The number of benzene rings is 2. The number of aromatic nitrogens is 2. The van der Waals surface area contributed by atoms with Gasteiger partial charge in [0.25, 0.3) is 5.89 Å². The predicted molar refractivity (Wildman–Crippen MR) is 92.6 cm³/mol. The van der Waals surface area contributed by atoms with Crippen LogP contribution in [0.3, 0.4) is 0 Å². The van der Waals surface area contributed by atoms with Gasteiger partial charge in [-0.1, -0.05) is 47.6 Å². The average molecular weight is 336 g/mol. The second-order valence-electron chi connectivity index (χ2n) is 6.17. The molecule has 2 heterocycles. The van der Waals surface area contributed by atoms with E-state index in [1.54, 1.807) is 7.11 Å². The fourth-order valence-electron chi connectivity index (χ4n) is 3.26. The minimum absolute atomic E-state index is 0.167. The number of nitrogens with zero attached hydrogens (tertiary/aromatic N) is 2. The standard InChI is InChI=1S/C20H20N2O3/c1-23-16-9-7-14(8-10-16)13-18-21-20(25-22-18)19-17(11-12-24-19)15-5-3-2-4-6-15/h2-10,17,19H,11-13H2,1H3/t17-,19-/m0/s1. The molecule has 128 valence electrons. The van der Waals surface area contributed by atoms with Crippen LogP contribution in [0.15, 0.2) is 59.1 Å². The average Bonchev–Trinajstić information content (AvgIpc) is 3.32. The van der Waals surface area contributed by atoms with Gasteiger partial charge in [-0.05, 0) is 29.7 Å². The summed E-state index contributed by atoms with van der Waals surface area (Å²) in [4.78, 5) is 4.57. The fraction of sp³-hybridized carbons (Fsp3) is 0.300. The summed E-state index contributed by atoms with van der Waals surface area (Å²) in [5.41, 5.74) is 2.36. The molecule has 1 aliphatic rings. The lowest BCUT2D eigenvalue weighted by Crippen LogP contribution is -2.06. The van der Waals surface area contributed by atoms with Crippen molar-refractivity contribution in [1.29, 1.82) is 0 Å². The predicted octanol–water partition coefficient (Wildman–Crippen LogP) is 3.91. The molecule has 0 bridgehead atoms. The summed E-state index contributed by atoms with van der Waals surface area (Å²) >= 11 is 0. The first-order valence-electron chi connectivity index (χ1n) is 8.45. The molecule has 1 fully saturated rings. The van der Waals surface area contributed by atoms with Gasteiger partial charge >= 0.3 is 0 Å². The quantitative estimate of drug-likeness (QED) is 0.707. The van der Waals surface area contributed by atoms with Crippen molar-refractivity contribution in [1.82, 2.24) is 10.1 Å². The van der Waals surface area contributed by atoms with Crippen molar-refractivity contribution in [3.05, 3.63) is 77.4 Å². The normalized spacial score (nSPS) is 19.9. The Labute approximate surface area is 146 Å². The first-order valence-corrected chi connectivity index (χ1v) is 8.45. The van der Waals surface area contributed by atoms with Crippen LogP contribution >= 0.6 is 0 Å². The fourth-order valence-corrected chi connectivity index (χ4v) is 3.26. The molecule has 0 amide bonds. The molecule has 1 aromatic heterocycles. The van der Waals surface area contributed by atoms with Crippen molar-refractivity contribution in [3.8, 4) is 5.75 Å². The van der Waals surface area contributed by atoms with Crippen molar-refractivity contribution in [2.75, 3.05) is 13.7 Å². The molecular weight excluding hydrogens is 316 g/mol. The van der Waals surface area contributed by atoms with Crippen LogP contribution < -0.4 is 4.74 Å². The molecule has 5 nitrogen and oxygen atoms in total. The zero-order valence-corrected chi connectivity index (χ0v) is 14.1. The largest absolute Gasteiger partial charge is 0.497 e. The van der Waals surface area contributed by atoms with E-state index in [0.717, 1.165) is 17.7 Å². The maximum Gasteiger partial charge on any atom is 0.256 e. The van der Waals surface area contributed by atoms with Crippen LogP contribution in [-0.2, 0) is 11.2 Å². The van der Waals surface area contributed by atoms with E-state index in [1.165, 1.54) is 5.56 Å². The molecule has 3 aromatic rings. The zero-order valence-electron chi connectivity index (χ0n) is 14.1. The van der Waals surface area contributed by atoms with Crippen LogP contribution in [0, 0.1) is 0 Å². The van der Waals surface area contributed by atoms with Crippen LogP contribution in [0.5, 0.6) is 5.75 Å². The Bertz CT molecular complexity index is 814. The lowest BCUT2D eigenvalue weighted by atomic mass is 9.92. The third kappa shape index (κ3) is 3.42. The Morgan fingerprint density at radius 2 is 1.88 bits per heavy atom. The molecule has 2 atom stereocenters. The van der Waals surface area contributed by atoms with Gasteiger partial charge in [0.05, 0.1) is 7.11 Å². The van der Waals surface area contributed by atoms with E-state index in [4.69, 9.17) is 14.0 Å². The lowest BCUT2D eigenvalue weighted by Gasteiger charge is -2.14. The van der Waals surface area contributed by atoms with E-state index in [1.807, 2.05) is 42.5 Å². The van der Waals surface area contributed by atoms with E-state index in [-0.39, 0.29) is 12.0 Å². The van der Waals surface area contributed by atoms with Crippen LogP contribution in [-0.4, -0.2) is 23.9 Å². The monoisotopic (exact) mass is 336 g/mol. The van der Waals surface area contributed by atoms with Crippen molar-refractivity contribution < 1.29 is 14.0 Å². The third-order valence-corrected chi connectivity index (χ3v) is 4.57. The number of methoxy groups -OCH3 is 1. The van der Waals surface area contributed by atoms with Gasteiger partial charge in [0.15, 0.2) is 5.82 Å². The number of ether oxygens (including phenoxy) is 2. The summed E-state index contributed by atoms with van der Waals surface area (Å²) in [7, 11) is 1.66. The maximum atomic E-state index is 5.89. The maximum absolute atomic E-state index is 5.89. The van der Waals surface area contributed by atoms with Crippen LogP contribution in [0.2, 0.25) is 0 Å². The molecule has 0 spiro atoms. The topological polar surface area (TPSA) is 57.4 Å². The molecule has 0 radical (unpaired) electrons. The Kier molecular flexibility index (Phi) is 4.48. The zero-order chi connectivity index (χ0) is 17.1. The highest BCUT2D eigenvalue weighted by atomic mass is 16.5. The van der Waals surface area contributed by atoms with Crippen LogP contribution in [0.4, 0.5) is 0 Å². The van der Waals surface area contributed by atoms with Crippen LogP contribution in [0.1, 0.15) is 41.3 Å². The minimum atomic E-state index is -0.167. The van der Waals surface area contributed by atoms with Crippen molar-refractivity contribution in [2.24, 2.45) is 0 Å². The van der Waals surface area contributed by atoms with E-state index < -0.39 is 0 Å². The summed E-state index contributed by atoms with van der Waals surface area (Å²) in [5, 5.41) is 4.13. The molecule has 1 saturated heterocycles. The van der Waals surface area contributed by atoms with E-state index >= 15 is 0 Å². The molecule has 0 N–H and O–H groups in total. The molecule has 0 aliphatic carbocycles. The Morgan fingerprint density at radius 3 is 2.64 bits per heavy atom. The van der Waals surface area contributed by atoms with Gasteiger partial charge in [0.1, 0.15) is 11.9 Å². The SMILES string of the molecule is COc1ccc(Cc2noc([C@H]3OCC[C@H]3c3ccccc3)n2)cc1. The number of hydrogen-bond donors (Lipinski definition) is 0. The van der Waals surface area contributed by atoms with Gasteiger partial charge in [-0.15, -0.1) is 0 Å². The van der Waals surface area contributed by atoms with Crippen molar-refractivity contribution in [3.63, 3.8) is 0 Å². The summed E-state index contributed by atoms with van der Waals surface area (Å²) in [5.74, 6) is 2.33. The smallest absolute Gasteiger partial charge is 0.256 e. The molecule has 4 rings (SSSR count). The molecular formula is C20H20N2O3. The van der Waals surface area contributed by atoms with E-state index in [2.05, 4.69) is 22.3 Å².